The van der Waals surface area contributed by atoms with E-state index in [0.717, 1.165) is 19.4 Å². The molecule has 2 atom stereocenters. The highest BCUT2D eigenvalue weighted by molar-refractivity contribution is 5.86. The van der Waals surface area contributed by atoms with Gasteiger partial charge in [-0.3, -0.25) is 4.79 Å². The minimum Gasteiger partial charge on any atom is -0.481 e. The van der Waals surface area contributed by atoms with Gasteiger partial charge >= 0.3 is 18.0 Å². The molecule has 8 heteroatoms. The Kier molecular flexibility index (Phi) is 5.56. The first-order chi connectivity index (χ1) is 8.90. The molecule has 1 fully saturated rings. The summed E-state index contributed by atoms with van der Waals surface area (Å²) in [5, 5.41) is 22.0. The van der Waals surface area contributed by atoms with E-state index in [9.17, 15) is 14.4 Å². The summed E-state index contributed by atoms with van der Waals surface area (Å²) in [5.74, 6) is -2.64. The summed E-state index contributed by atoms with van der Waals surface area (Å²) >= 11 is 0. The van der Waals surface area contributed by atoms with E-state index in [4.69, 9.17) is 10.2 Å². The Labute approximate surface area is 110 Å². The van der Waals surface area contributed by atoms with Gasteiger partial charge in [-0.1, -0.05) is 0 Å². The van der Waals surface area contributed by atoms with Gasteiger partial charge in [0.15, 0.2) is 0 Å². The molecule has 0 saturated carbocycles. The second-order valence-corrected chi connectivity index (χ2v) is 4.62. The van der Waals surface area contributed by atoms with Gasteiger partial charge in [0.25, 0.3) is 0 Å². The summed E-state index contributed by atoms with van der Waals surface area (Å²) in [5.41, 5.74) is 0. The number of carboxylic acids is 2. The van der Waals surface area contributed by atoms with Crippen molar-refractivity contribution in [2.45, 2.75) is 31.3 Å². The monoisotopic (exact) mass is 273 g/mol. The number of nitrogens with zero attached hydrogens (tertiary/aromatic N) is 1. The predicted octanol–water partition coefficient (Wildman–Crippen LogP) is -0.692. The van der Waals surface area contributed by atoms with Crippen molar-refractivity contribution < 1.29 is 24.6 Å². The van der Waals surface area contributed by atoms with E-state index in [0.29, 0.717) is 6.54 Å². The lowest BCUT2D eigenvalue weighted by Crippen LogP contribution is -2.49. The standard InChI is InChI=1S/C11H19N3O5/c1-14-4-2-3-7(14)6-12-11(19)13-8(10(17)18)5-9(15)16/h7-8H,2-6H2,1H3,(H,15,16)(H,17,18)(H2,12,13,19)/t7?,8-/m1/s1. The van der Waals surface area contributed by atoms with Crippen molar-refractivity contribution >= 4 is 18.0 Å². The van der Waals surface area contributed by atoms with Crippen LogP contribution in [0.5, 0.6) is 0 Å². The molecule has 0 bridgehead atoms. The zero-order chi connectivity index (χ0) is 14.4. The number of carboxylic acid groups (broad SMARTS) is 2. The van der Waals surface area contributed by atoms with Gasteiger partial charge in [-0.25, -0.2) is 9.59 Å². The van der Waals surface area contributed by atoms with Crippen LogP contribution in [0.15, 0.2) is 0 Å². The zero-order valence-electron chi connectivity index (χ0n) is 10.8. The van der Waals surface area contributed by atoms with Gasteiger partial charge in [0.05, 0.1) is 6.42 Å². The third-order valence-electron chi connectivity index (χ3n) is 3.15. The summed E-state index contributed by atoms with van der Waals surface area (Å²) in [7, 11) is 1.96. The van der Waals surface area contributed by atoms with Gasteiger partial charge < -0.3 is 25.7 Å². The molecule has 108 valence electrons. The number of nitrogens with one attached hydrogen (secondary N) is 2. The van der Waals surface area contributed by atoms with Gasteiger partial charge in [-0.15, -0.1) is 0 Å². The van der Waals surface area contributed by atoms with Crippen LogP contribution >= 0.6 is 0 Å². The smallest absolute Gasteiger partial charge is 0.326 e. The van der Waals surface area contributed by atoms with Crippen molar-refractivity contribution in [3.63, 3.8) is 0 Å². The molecule has 1 aliphatic heterocycles. The molecule has 0 aromatic carbocycles. The highest BCUT2D eigenvalue weighted by Crippen LogP contribution is 2.13. The number of likely N-dealkylation sites (tertiary alicyclic amines) is 1. The maximum Gasteiger partial charge on any atom is 0.326 e. The van der Waals surface area contributed by atoms with Crippen molar-refractivity contribution in [2.75, 3.05) is 20.1 Å². The number of aliphatic carboxylic acids is 2. The number of carbonyl (C=O) groups excluding carboxylic acids is 1. The summed E-state index contributed by atoms with van der Waals surface area (Å²) in [6, 6.07) is -1.83. The Balaban J connectivity index is 2.35. The summed E-state index contributed by atoms with van der Waals surface area (Å²) < 4.78 is 0. The first kappa shape index (κ1) is 15.2. The third-order valence-corrected chi connectivity index (χ3v) is 3.15. The molecule has 1 heterocycles. The maximum absolute atomic E-state index is 11.5. The molecular formula is C11H19N3O5. The van der Waals surface area contributed by atoms with E-state index in [-0.39, 0.29) is 6.04 Å². The minimum atomic E-state index is -1.42. The number of likely N-dealkylation sites (N-methyl/N-ethyl adjacent to an activating group) is 1. The van der Waals surface area contributed by atoms with Gasteiger partial charge in [0.2, 0.25) is 0 Å². The Hall–Kier alpha value is -1.83. The van der Waals surface area contributed by atoms with Crippen LogP contribution in [0.25, 0.3) is 0 Å². The number of urea groups is 1. The lowest BCUT2D eigenvalue weighted by atomic mass is 10.2. The topological polar surface area (TPSA) is 119 Å². The number of amides is 2. The average Bonchev–Trinajstić information content (AvgIpc) is 2.70. The van der Waals surface area contributed by atoms with E-state index in [1.165, 1.54) is 0 Å². The van der Waals surface area contributed by atoms with E-state index in [1.54, 1.807) is 0 Å². The molecule has 4 N–H and O–H groups in total. The summed E-state index contributed by atoms with van der Waals surface area (Å²) in [6.45, 7) is 1.40. The Morgan fingerprint density at radius 3 is 2.53 bits per heavy atom. The van der Waals surface area contributed by atoms with Gasteiger partial charge in [0, 0.05) is 12.6 Å². The van der Waals surface area contributed by atoms with Crippen LogP contribution in [0.2, 0.25) is 0 Å². The first-order valence-corrected chi connectivity index (χ1v) is 6.09. The predicted molar refractivity (Wildman–Crippen MR) is 65.9 cm³/mol. The molecule has 0 spiro atoms. The van der Waals surface area contributed by atoms with Gasteiger partial charge in [-0.05, 0) is 26.4 Å². The normalized spacial score (nSPS) is 20.8. The van der Waals surface area contributed by atoms with Crippen LogP contribution in [0.3, 0.4) is 0 Å². The van der Waals surface area contributed by atoms with Crippen LogP contribution in [0.4, 0.5) is 4.79 Å². The van der Waals surface area contributed by atoms with Crippen molar-refractivity contribution in [3.8, 4) is 0 Å². The second kappa shape index (κ2) is 6.93. The maximum atomic E-state index is 11.5. The number of rotatable bonds is 6. The highest BCUT2D eigenvalue weighted by atomic mass is 16.4. The number of carbonyl (C=O) groups is 3. The van der Waals surface area contributed by atoms with Gasteiger partial charge in [-0.2, -0.15) is 0 Å². The molecule has 1 saturated heterocycles. The lowest BCUT2D eigenvalue weighted by Gasteiger charge is -2.20. The third kappa shape index (κ3) is 5.12. The second-order valence-electron chi connectivity index (χ2n) is 4.62. The quantitative estimate of drug-likeness (QED) is 0.508. The minimum absolute atomic E-state index is 0.244. The molecular weight excluding hydrogens is 254 g/mol. The van der Waals surface area contributed by atoms with Crippen molar-refractivity contribution in [1.82, 2.24) is 15.5 Å². The molecule has 2 amide bonds. The van der Waals surface area contributed by atoms with Crippen molar-refractivity contribution in [2.24, 2.45) is 0 Å². The van der Waals surface area contributed by atoms with Crippen LogP contribution < -0.4 is 10.6 Å². The van der Waals surface area contributed by atoms with Crippen LogP contribution in [0.1, 0.15) is 19.3 Å². The van der Waals surface area contributed by atoms with E-state index in [1.807, 2.05) is 7.05 Å². The fourth-order valence-corrected chi connectivity index (χ4v) is 2.03. The average molecular weight is 273 g/mol. The lowest BCUT2D eigenvalue weighted by molar-refractivity contribution is -0.145. The zero-order valence-corrected chi connectivity index (χ0v) is 10.8. The van der Waals surface area contributed by atoms with Crippen LogP contribution in [-0.4, -0.2) is 65.3 Å². The Morgan fingerprint density at radius 1 is 1.37 bits per heavy atom. The van der Waals surface area contributed by atoms with Gasteiger partial charge in [0.1, 0.15) is 6.04 Å². The Morgan fingerprint density at radius 2 is 2.05 bits per heavy atom. The Bertz CT molecular complexity index is 360. The van der Waals surface area contributed by atoms with E-state index >= 15 is 0 Å². The molecule has 0 aromatic heterocycles. The molecule has 8 nitrogen and oxygen atoms in total. The molecule has 1 unspecified atom stereocenters. The molecule has 0 radical (unpaired) electrons. The number of hydrogen-bond acceptors (Lipinski definition) is 4. The van der Waals surface area contributed by atoms with Crippen molar-refractivity contribution in [3.05, 3.63) is 0 Å². The van der Waals surface area contributed by atoms with Crippen molar-refractivity contribution in [1.29, 1.82) is 0 Å². The number of hydrogen-bond donors (Lipinski definition) is 4. The van der Waals surface area contributed by atoms with E-state index < -0.39 is 30.4 Å². The SMILES string of the molecule is CN1CCCC1CNC(=O)N[C@H](CC(=O)O)C(=O)O. The molecule has 1 aliphatic rings. The first-order valence-electron chi connectivity index (χ1n) is 6.09. The molecule has 19 heavy (non-hydrogen) atoms. The summed E-state index contributed by atoms with van der Waals surface area (Å²) in [6.07, 6.45) is 1.40. The van der Waals surface area contributed by atoms with Crippen LogP contribution in [-0.2, 0) is 9.59 Å². The fraction of sp³-hybridized carbons (Fsp3) is 0.727. The van der Waals surface area contributed by atoms with Crippen LogP contribution in [0, 0.1) is 0 Å². The largest absolute Gasteiger partial charge is 0.481 e. The van der Waals surface area contributed by atoms with E-state index in [2.05, 4.69) is 15.5 Å². The molecule has 1 rings (SSSR count). The fourth-order valence-electron chi connectivity index (χ4n) is 2.03. The molecule has 0 aromatic rings. The highest BCUT2D eigenvalue weighted by Gasteiger charge is 2.24. The molecule has 0 aliphatic carbocycles. The summed E-state index contributed by atoms with van der Waals surface area (Å²) in [4.78, 5) is 34.9.